The Morgan fingerprint density at radius 1 is 1.16 bits per heavy atom. The van der Waals surface area contributed by atoms with E-state index in [9.17, 15) is 20.0 Å². The van der Waals surface area contributed by atoms with E-state index < -0.39 is 5.97 Å². The standard InChI is InChI=1S/C19H16N2O4/c22-19(23)15-9-4-8-13-11-6-3-7-12(11)17(20-18(13)15)14-5-1-2-10-16(14)21(24)25/h1-6,8-12,17,20H,7H2,(H,22,23). The second-order valence-corrected chi connectivity index (χ2v) is 6.37. The van der Waals surface area contributed by atoms with Crippen LogP contribution in [-0.4, -0.2) is 16.0 Å². The number of carboxylic acids is 1. The van der Waals surface area contributed by atoms with E-state index in [1.165, 1.54) is 6.07 Å². The molecule has 2 aromatic rings. The number of allylic oxidation sites excluding steroid dienone is 2. The molecular formula is C19H16N2O4. The number of hydrogen-bond acceptors (Lipinski definition) is 4. The minimum absolute atomic E-state index is 0.0559. The number of nitro benzene ring substituents is 1. The Hall–Kier alpha value is -3.15. The highest BCUT2D eigenvalue weighted by molar-refractivity contribution is 5.95. The van der Waals surface area contributed by atoms with Crippen LogP contribution in [0.5, 0.6) is 0 Å². The van der Waals surface area contributed by atoms with Crippen LogP contribution in [0, 0.1) is 16.0 Å². The van der Waals surface area contributed by atoms with E-state index in [-0.39, 0.29) is 34.1 Å². The average molecular weight is 336 g/mol. The second-order valence-electron chi connectivity index (χ2n) is 6.37. The number of benzene rings is 2. The summed E-state index contributed by atoms with van der Waals surface area (Å²) in [6.45, 7) is 0. The third-order valence-corrected chi connectivity index (χ3v) is 5.10. The smallest absolute Gasteiger partial charge is 0.337 e. The molecule has 4 rings (SSSR count). The van der Waals surface area contributed by atoms with Crippen molar-refractivity contribution in [2.75, 3.05) is 5.32 Å². The van der Waals surface area contributed by atoms with Gasteiger partial charge in [-0.1, -0.05) is 42.5 Å². The lowest BCUT2D eigenvalue weighted by Crippen LogP contribution is -2.30. The third-order valence-electron chi connectivity index (χ3n) is 5.10. The summed E-state index contributed by atoms with van der Waals surface area (Å²) in [7, 11) is 0. The fourth-order valence-corrected chi connectivity index (χ4v) is 4.02. The molecule has 6 heteroatoms. The fraction of sp³-hybridized carbons (Fsp3) is 0.211. The molecule has 1 aliphatic carbocycles. The van der Waals surface area contributed by atoms with Gasteiger partial charge in [-0.3, -0.25) is 10.1 Å². The molecule has 0 spiro atoms. The third kappa shape index (κ3) is 2.38. The highest BCUT2D eigenvalue weighted by Gasteiger charge is 2.41. The summed E-state index contributed by atoms with van der Waals surface area (Å²) in [5.74, 6) is -0.830. The number of nitrogens with one attached hydrogen (secondary N) is 1. The Balaban J connectivity index is 1.88. The molecule has 0 aromatic heterocycles. The lowest BCUT2D eigenvalue weighted by atomic mass is 9.76. The molecule has 2 aliphatic rings. The summed E-state index contributed by atoms with van der Waals surface area (Å²) < 4.78 is 0. The number of aromatic carboxylic acids is 1. The Labute approximate surface area is 144 Å². The van der Waals surface area contributed by atoms with Crippen molar-refractivity contribution >= 4 is 17.3 Å². The molecule has 0 bridgehead atoms. The molecular weight excluding hydrogens is 320 g/mol. The van der Waals surface area contributed by atoms with Crippen LogP contribution in [0.4, 0.5) is 11.4 Å². The van der Waals surface area contributed by atoms with E-state index in [1.807, 2.05) is 6.07 Å². The molecule has 0 saturated heterocycles. The van der Waals surface area contributed by atoms with Crippen LogP contribution in [0.1, 0.15) is 39.9 Å². The summed E-state index contributed by atoms with van der Waals surface area (Å²) in [5.41, 5.74) is 2.35. The maximum Gasteiger partial charge on any atom is 0.337 e. The maximum atomic E-state index is 11.6. The highest BCUT2D eigenvalue weighted by atomic mass is 16.6. The Bertz CT molecular complexity index is 906. The van der Waals surface area contributed by atoms with Gasteiger partial charge >= 0.3 is 5.97 Å². The summed E-state index contributed by atoms with van der Waals surface area (Å²) >= 11 is 0. The van der Waals surface area contributed by atoms with Crippen LogP contribution in [0.25, 0.3) is 0 Å². The van der Waals surface area contributed by atoms with Gasteiger partial charge in [0.15, 0.2) is 0 Å². The first-order valence-corrected chi connectivity index (χ1v) is 8.10. The molecule has 2 N–H and O–H groups in total. The van der Waals surface area contributed by atoms with E-state index in [0.29, 0.717) is 11.3 Å². The van der Waals surface area contributed by atoms with Crippen molar-refractivity contribution < 1.29 is 14.8 Å². The number of rotatable bonds is 3. The highest BCUT2D eigenvalue weighted by Crippen LogP contribution is 2.51. The fourth-order valence-electron chi connectivity index (χ4n) is 4.02. The number of nitrogens with zero attached hydrogens (tertiary/aromatic N) is 1. The monoisotopic (exact) mass is 336 g/mol. The predicted molar refractivity (Wildman–Crippen MR) is 92.8 cm³/mol. The van der Waals surface area contributed by atoms with Gasteiger partial charge in [0, 0.05) is 12.0 Å². The number of carbonyl (C=O) groups is 1. The first-order chi connectivity index (χ1) is 12.1. The van der Waals surface area contributed by atoms with Crippen molar-refractivity contribution in [3.63, 3.8) is 0 Å². The second kappa shape index (κ2) is 5.73. The van der Waals surface area contributed by atoms with Crippen molar-refractivity contribution in [2.45, 2.75) is 18.4 Å². The molecule has 0 amide bonds. The molecule has 1 heterocycles. The van der Waals surface area contributed by atoms with Gasteiger partial charge in [-0.2, -0.15) is 0 Å². The van der Waals surface area contributed by atoms with Crippen molar-refractivity contribution in [1.29, 1.82) is 0 Å². The van der Waals surface area contributed by atoms with E-state index >= 15 is 0 Å². The van der Waals surface area contributed by atoms with Crippen LogP contribution < -0.4 is 5.32 Å². The van der Waals surface area contributed by atoms with Crippen molar-refractivity contribution in [3.8, 4) is 0 Å². The summed E-state index contributed by atoms with van der Waals surface area (Å²) in [4.78, 5) is 22.7. The lowest BCUT2D eigenvalue weighted by molar-refractivity contribution is -0.385. The number of hydrogen-bond donors (Lipinski definition) is 2. The van der Waals surface area contributed by atoms with Crippen LogP contribution >= 0.6 is 0 Å². The van der Waals surface area contributed by atoms with Gasteiger partial charge in [0.1, 0.15) is 0 Å². The zero-order valence-corrected chi connectivity index (χ0v) is 13.3. The number of anilines is 1. The van der Waals surface area contributed by atoms with Gasteiger partial charge in [0.05, 0.1) is 27.8 Å². The zero-order valence-electron chi connectivity index (χ0n) is 13.3. The number of nitro groups is 1. The van der Waals surface area contributed by atoms with Crippen LogP contribution in [0.3, 0.4) is 0 Å². The van der Waals surface area contributed by atoms with E-state index in [1.54, 1.807) is 30.3 Å². The molecule has 3 atom stereocenters. The molecule has 0 saturated carbocycles. The predicted octanol–water partition coefficient (Wildman–Crippen LogP) is 4.12. The van der Waals surface area contributed by atoms with Crippen molar-refractivity contribution in [3.05, 3.63) is 81.4 Å². The first-order valence-electron chi connectivity index (χ1n) is 8.10. The molecule has 6 nitrogen and oxygen atoms in total. The minimum Gasteiger partial charge on any atom is -0.478 e. The van der Waals surface area contributed by atoms with Gasteiger partial charge in [0.25, 0.3) is 5.69 Å². The van der Waals surface area contributed by atoms with Gasteiger partial charge in [-0.25, -0.2) is 4.79 Å². The van der Waals surface area contributed by atoms with Gasteiger partial charge in [-0.15, -0.1) is 0 Å². The molecule has 1 aliphatic heterocycles. The number of fused-ring (bicyclic) bond motifs is 3. The van der Waals surface area contributed by atoms with Crippen LogP contribution in [0.2, 0.25) is 0 Å². The molecule has 0 fully saturated rings. The Morgan fingerprint density at radius 2 is 1.92 bits per heavy atom. The first kappa shape index (κ1) is 15.4. The number of para-hydroxylation sites is 2. The quantitative estimate of drug-likeness (QED) is 0.500. The van der Waals surface area contributed by atoms with Crippen LogP contribution in [-0.2, 0) is 0 Å². The largest absolute Gasteiger partial charge is 0.478 e. The van der Waals surface area contributed by atoms with E-state index in [4.69, 9.17) is 0 Å². The maximum absolute atomic E-state index is 11.6. The molecule has 25 heavy (non-hydrogen) atoms. The van der Waals surface area contributed by atoms with Crippen molar-refractivity contribution in [2.24, 2.45) is 5.92 Å². The molecule has 126 valence electrons. The topological polar surface area (TPSA) is 92.5 Å². The SMILES string of the molecule is O=C(O)c1cccc2c1NC(c1ccccc1[N+](=O)[O-])C1CC=CC21. The van der Waals surface area contributed by atoms with E-state index in [2.05, 4.69) is 17.5 Å². The Kier molecular flexibility index (Phi) is 3.53. The summed E-state index contributed by atoms with van der Waals surface area (Å²) in [6, 6.07) is 11.6. The van der Waals surface area contributed by atoms with Crippen LogP contribution in [0.15, 0.2) is 54.6 Å². The van der Waals surface area contributed by atoms with Gasteiger partial charge in [0.2, 0.25) is 0 Å². The Morgan fingerprint density at radius 3 is 2.68 bits per heavy atom. The minimum atomic E-state index is -1.01. The molecule has 0 radical (unpaired) electrons. The average Bonchev–Trinajstić information content (AvgIpc) is 3.10. The zero-order chi connectivity index (χ0) is 17.6. The number of carboxylic acid groups (broad SMARTS) is 1. The molecule has 2 aromatic carbocycles. The summed E-state index contributed by atoms with van der Waals surface area (Å²) in [6.07, 6.45) is 4.95. The normalized spacial score (nSPS) is 23.4. The molecule has 3 unspecified atom stereocenters. The van der Waals surface area contributed by atoms with Gasteiger partial charge < -0.3 is 10.4 Å². The van der Waals surface area contributed by atoms with Crippen molar-refractivity contribution in [1.82, 2.24) is 0 Å². The lowest BCUT2D eigenvalue weighted by Gasteiger charge is -2.37. The summed E-state index contributed by atoms with van der Waals surface area (Å²) in [5, 5.41) is 24.3. The van der Waals surface area contributed by atoms with E-state index in [0.717, 1.165) is 12.0 Å². The van der Waals surface area contributed by atoms with Gasteiger partial charge in [-0.05, 0) is 24.0 Å².